The van der Waals surface area contributed by atoms with Gasteiger partial charge in [-0.05, 0) is 69.9 Å². The molecule has 0 N–H and O–H groups in total. The minimum absolute atomic E-state index is 0.0188. The van der Waals surface area contributed by atoms with Gasteiger partial charge in [0.05, 0.1) is 23.7 Å². The first-order valence-electron chi connectivity index (χ1n) is 17.5. The van der Waals surface area contributed by atoms with Gasteiger partial charge in [-0.15, -0.1) is 0 Å². The molecule has 4 aromatic carbocycles. The van der Waals surface area contributed by atoms with Crippen molar-refractivity contribution in [3.63, 3.8) is 0 Å². The van der Waals surface area contributed by atoms with E-state index >= 15 is 0 Å². The van der Waals surface area contributed by atoms with Crippen LogP contribution in [0.1, 0.15) is 74.9 Å². The lowest BCUT2D eigenvalue weighted by atomic mass is 9.93. The molecule has 1 aliphatic heterocycles. The summed E-state index contributed by atoms with van der Waals surface area (Å²) >= 11 is 0. The zero-order valence-corrected chi connectivity index (χ0v) is 30.8. The quantitative estimate of drug-likeness (QED) is 0.0536. The van der Waals surface area contributed by atoms with Crippen LogP contribution in [-0.4, -0.2) is 31.4 Å². The Labute approximate surface area is 302 Å². The molecular formula is C42H46N2O6Si. The zero-order chi connectivity index (χ0) is 36.4. The van der Waals surface area contributed by atoms with E-state index in [1.807, 2.05) is 54.6 Å². The second kappa shape index (κ2) is 16.8. The summed E-state index contributed by atoms with van der Waals surface area (Å²) in [7, 11) is -3.09. The average Bonchev–Trinajstić information content (AvgIpc) is 3.12. The van der Waals surface area contributed by atoms with Gasteiger partial charge < -0.3 is 13.9 Å². The normalized spacial score (nSPS) is 19.0. The first-order valence-corrected chi connectivity index (χ1v) is 19.4. The summed E-state index contributed by atoms with van der Waals surface area (Å²) in [6, 6.07) is 34.9. The Hall–Kier alpha value is -5.04. The number of allylic oxidation sites excluding steroid dienone is 2. The molecule has 4 aromatic rings. The Balaban J connectivity index is 1.53. The van der Waals surface area contributed by atoms with Crippen LogP contribution in [0.3, 0.4) is 0 Å². The molecule has 8 nitrogen and oxygen atoms in total. The fourth-order valence-electron chi connectivity index (χ4n) is 6.85. The number of carbonyl (C=O) groups is 1. The van der Waals surface area contributed by atoms with Crippen LogP contribution in [-0.2, 0) is 22.5 Å². The van der Waals surface area contributed by atoms with Gasteiger partial charge >= 0.3 is 14.3 Å². The van der Waals surface area contributed by atoms with Crippen molar-refractivity contribution in [1.29, 1.82) is 5.26 Å². The summed E-state index contributed by atoms with van der Waals surface area (Å²) in [5, 5.41) is 22.5. The third kappa shape index (κ3) is 8.82. The van der Waals surface area contributed by atoms with E-state index in [1.54, 1.807) is 12.1 Å². The molecule has 0 amide bonds. The Bertz CT molecular complexity index is 1810. The van der Waals surface area contributed by atoms with Gasteiger partial charge in [0.2, 0.25) is 0 Å². The predicted octanol–water partition coefficient (Wildman–Crippen LogP) is 8.48. The van der Waals surface area contributed by atoms with Crippen molar-refractivity contribution in [3.8, 4) is 11.8 Å². The summed E-state index contributed by atoms with van der Waals surface area (Å²) in [6.45, 7) is 8.95. The third-order valence-electron chi connectivity index (χ3n) is 9.60. The monoisotopic (exact) mass is 702 g/mol. The number of hydrogen-bond acceptors (Lipinski definition) is 7. The second-order valence-corrected chi connectivity index (χ2v) is 18.4. The molecule has 0 spiro atoms. The van der Waals surface area contributed by atoms with Gasteiger partial charge in [0, 0.05) is 25.0 Å². The van der Waals surface area contributed by atoms with E-state index in [0.717, 1.165) is 27.9 Å². The highest BCUT2D eigenvalue weighted by Crippen LogP contribution is 2.39. The van der Waals surface area contributed by atoms with Crippen molar-refractivity contribution in [2.45, 2.75) is 83.7 Å². The molecule has 0 aromatic heterocycles. The van der Waals surface area contributed by atoms with E-state index in [0.29, 0.717) is 30.6 Å². The molecule has 51 heavy (non-hydrogen) atoms. The first kappa shape index (κ1) is 37.2. The molecule has 3 atom stereocenters. The summed E-state index contributed by atoms with van der Waals surface area (Å²) in [5.41, 5.74) is 2.03. The Morgan fingerprint density at radius 1 is 0.922 bits per heavy atom. The molecule has 1 aliphatic rings. The molecule has 1 heterocycles. The van der Waals surface area contributed by atoms with Gasteiger partial charge in [0.1, 0.15) is 17.4 Å². The van der Waals surface area contributed by atoms with Gasteiger partial charge in [-0.3, -0.25) is 10.1 Å². The maximum absolute atomic E-state index is 14.5. The lowest BCUT2D eigenvalue weighted by Gasteiger charge is -2.43. The van der Waals surface area contributed by atoms with Gasteiger partial charge in [-0.1, -0.05) is 113 Å². The molecule has 0 aliphatic carbocycles. The number of nitro groups is 1. The van der Waals surface area contributed by atoms with E-state index in [-0.39, 0.29) is 35.8 Å². The number of nitrogens with zero attached hydrogens (tertiary/aromatic N) is 2. The van der Waals surface area contributed by atoms with E-state index in [2.05, 4.69) is 70.2 Å². The summed E-state index contributed by atoms with van der Waals surface area (Å²) in [6.07, 6.45) is 5.53. The molecule has 5 rings (SSSR count). The maximum Gasteiger partial charge on any atom is 0.342 e. The number of nitro benzene ring substituents is 1. The molecule has 0 saturated heterocycles. The molecule has 0 saturated carbocycles. The number of nitriles is 1. The number of ether oxygens (including phenoxy) is 2. The van der Waals surface area contributed by atoms with E-state index in [4.69, 9.17) is 13.9 Å². The van der Waals surface area contributed by atoms with Crippen LogP contribution in [0.5, 0.6) is 5.75 Å². The van der Waals surface area contributed by atoms with Gasteiger partial charge in [-0.25, -0.2) is 4.79 Å². The van der Waals surface area contributed by atoms with Gasteiger partial charge in [0.15, 0.2) is 0 Å². The van der Waals surface area contributed by atoms with Crippen LogP contribution < -0.4 is 14.8 Å². The topological polar surface area (TPSA) is 112 Å². The first-order chi connectivity index (χ1) is 24.5. The Morgan fingerprint density at radius 3 is 2.16 bits per heavy atom. The number of esters is 1. The van der Waals surface area contributed by atoms with E-state index < -0.39 is 25.3 Å². The number of carbonyl (C=O) groups excluding carboxylic acids is 1. The molecule has 9 heteroatoms. The predicted molar refractivity (Wildman–Crippen MR) is 202 cm³/mol. The Morgan fingerprint density at radius 2 is 1.57 bits per heavy atom. The standard InChI is InChI=1S/C42H46N2O6Si/c1-31-15-11-12-16-33-17-13-23-38(50-51(42(2,3)4,36-19-7-5-8-20-36)37-21-9-6-10-22-37)40(33)41(45)49-35(18-14-28-43)29-39(31)48-30-32-24-26-34(27-25-32)44(46)47/h5-13,17,19-27,31,35,39H,14-16,18,29-30H2,1-4H3/b12-11+/t31-,35-,39+/m0/s1. The Kier molecular flexibility index (Phi) is 12.2. The number of cyclic esters (lactones) is 1. The van der Waals surface area contributed by atoms with Crippen molar-refractivity contribution in [2.75, 3.05) is 0 Å². The van der Waals surface area contributed by atoms with E-state index in [9.17, 15) is 20.2 Å². The molecule has 0 fully saturated rings. The molecule has 264 valence electrons. The van der Waals surface area contributed by atoms with Crippen LogP contribution in [0.15, 0.2) is 115 Å². The lowest BCUT2D eigenvalue weighted by Crippen LogP contribution is -2.69. The van der Waals surface area contributed by atoms with Gasteiger partial charge in [0.25, 0.3) is 5.69 Å². The minimum atomic E-state index is -3.09. The number of fused-ring (bicyclic) bond motifs is 1. The van der Waals surface area contributed by atoms with Crippen LogP contribution in [0, 0.1) is 27.4 Å². The highest BCUT2D eigenvalue weighted by molar-refractivity contribution is 7.00. The van der Waals surface area contributed by atoms with Crippen molar-refractivity contribution in [2.24, 2.45) is 5.92 Å². The fraction of sp³-hybridized carbons (Fsp3) is 0.333. The van der Waals surface area contributed by atoms with Gasteiger partial charge in [-0.2, -0.15) is 5.26 Å². The zero-order valence-electron chi connectivity index (χ0n) is 29.8. The van der Waals surface area contributed by atoms with Crippen LogP contribution in [0.2, 0.25) is 5.04 Å². The SMILES string of the molecule is C[C@H]1C/C=C/Cc2cccc(O[Si](c3ccccc3)(c3ccccc3)C(C)(C)C)c2C(=O)O[C@@H](CCC#N)C[C@H]1OCc1ccc([N+](=O)[O-])cc1. The minimum Gasteiger partial charge on any atom is -0.533 e. The molecular weight excluding hydrogens is 657 g/mol. The van der Waals surface area contributed by atoms with Crippen molar-refractivity contribution >= 4 is 30.3 Å². The summed E-state index contributed by atoms with van der Waals surface area (Å²) in [4.78, 5) is 25.2. The third-order valence-corrected chi connectivity index (χ3v) is 14.5. The highest BCUT2D eigenvalue weighted by Gasteiger charge is 2.52. The summed E-state index contributed by atoms with van der Waals surface area (Å²) in [5.74, 6) is 0.0687. The highest BCUT2D eigenvalue weighted by atomic mass is 28.4. The number of benzene rings is 4. The number of non-ortho nitro benzene ring substituents is 1. The van der Waals surface area contributed by atoms with Crippen molar-refractivity contribution in [1.82, 2.24) is 0 Å². The smallest absolute Gasteiger partial charge is 0.342 e. The second-order valence-electron chi connectivity index (χ2n) is 14.2. The molecule has 0 unspecified atom stereocenters. The lowest BCUT2D eigenvalue weighted by molar-refractivity contribution is -0.384. The van der Waals surface area contributed by atoms with Crippen molar-refractivity contribution < 1.29 is 23.6 Å². The molecule has 0 radical (unpaired) electrons. The maximum atomic E-state index is 14.5. The van der Waals surface area contributed by atoms with Crippen LogP contribution in [0.25, 0.3) is 0 Å². The van der Waals surface area contributed by atoms with E-state index in [1.165, 1.54) is 12.1 Å². The molecule has 0 bridgehead atoms. The van der Waals surface area contributed by atoms with Crippen LogP contribution >= 0.6 is 0 Å². The van der Waals surface area contributed by atoms with Crippen LogP contribution in [0.4, 0.5) is 5.69 Å². The largest absolute Gasteiger partial charge is 0.533 e. The number of hydrogen-bond donors (Lipinski definition) is 0. The fourth-order valence-corrected chi connectivity index (χ4v) is 11.3. The van der Waals surface area contributed by atoms with Crippen molar-refractivity contribution in [3.05, 3.63) is 142 Å². The summed E-state index contributed by atoms with van der Waals surface area (Å²) < 4.78 is 20.2. The average molecular weight is 703 g/mol. The number of rotatable bonds is 10.